The number of benzene rings is 2. The fraction of sp³-hybridized carbons (Fsp3) is 0.409. The van der Waals surface area contributed by atoms with Crippen molar-refractivity contribution in [3.8, 4) is 16.9 Å². The number of fused-ring (bicyclic) bond motifs is 5. The molecule has 9 heteroatoms. The van der Waals surface area contributed by atoms with Crippen molar-refractivity contribution in [1.82, 2.24) is 4.90 Å². The number of ether oxygens (including phenoxy) is 1. The summed E-state index contributed by atoms with van der Waals surface area (Å²) in [5.41, 5.74) is 2.00. The van der Waals surface area contributed by atoms with E-state index in [0.29, 0.717) is 36.3 Å². The predicted octanol–water partition coefficient (Wildman–Crippen LogP) is 4.03. The molecule has 1 saturated heterocycles. The first kappa shape index (κ1) is 23.3. The van der Waals surface area contributed by atoms with Crippen LogP contribution >= 0.6 is 0 Å². The zero-order valence-corrected chi connectivity index (χ0v) is 17.8. The zero-order chi connectivity index (χ0) is 22.4. The molecule has 0 spiro atoms. The number of alkyl halides is 2. The maximum atomic E-state index is 15.2. The fourth-order valence-corrected chi connectivity index (χ4v) is 3.95. The van der Waals surface area contributed by atoms with E-state index in [-0.39, 0.29) is 17.8 Å². The summed E-state index contributed by atoms with van der Waals surface area (Å²) < 4.78 is 51.8. The second-order valence-electron chi connectivity index (χ2n) is 7.40. The van der Waals surface area contributed by atoms with Crippen molar-refractivity contribution >= 4 is 16.9 Å². The third-order valence-corrected chi connectivity index (χ3v) is 5.76. The van der Waals surface area contributed by atoms with Gasteiger partial charge in [-0.15, -0.1) is 0 Å². The highest BCUT2D eigenvalue weighted by molar-refractivity contribution is 7.82. The molecule has 2 aliphatic rings. The number of piperidine rings is 1. The number of nitrogens with zero attached hydrogens (tertiary/aromatic N) is 1. The second kappa shape index (κ2) is 10.8. The van der Waals surface area contributed by atoms with Gasteiger partial charge in [0.1, 0.15) is 11.6 Å². The van der Waals surface area contributed by atoms with Crippen LogP contribution < -0.4 is 9.88 Å². The monoisotopic (exact) mass is 454 g/mol. The number of carbonyl (C=O) groups excluding carboxylic acids is 1. The van der Waals surface area contributed by atoms with Crippen LogP contribution in [0.2, 0.25) is 0 Å². The highest BCUT2D eigenvalue weighted by Crippen LogP contribution is 2.34. The van der Waals surface area contributed by atoms with Crippen molar-refractivity contribution in [1.29, 1.82) is 0 Å². The van der Waals surface area contributed by atoms with Gasteiger partial charge in [0.2, 0.25) is 5.91 Å². The van der Waals surface area contributed by atoms with Gasteiger partial charge in [0, 0.05) is 23.7 Å². The lowest BCUT2D eigenvalue weighted by Gasteiger charge is -2.36. The van der Waals surface area contributed by atoms with Crippen LogP contribution in [0.15, 0.2) is 42.5 Å². The van der Waals surface area contributed by atoms with Crippen LogP contribution in [0.4, 0.5) is 13.2 Å². The molecule has 2 bridgehead atoms. The van der Waals surface area contributed by atoms with E-state index >= 15 is 4.39 Å². The Kier molecular flexibility index (Phi) is 8.09. The van der Waals surface area contributed by atoms with E-state index in [4.69, 9.17) is 4.74 Å². The maximum absolute atomic E-state index is 15.2. The molecule has 0 saturated carbocycles. The van der Waals surface area contributed by atoms with Gasteiger partial charge >= 0.3 is 5.76 Å². The van der Waals surface area contributed by atoms with Crippen LogP contribution in [0.5, 0.6) is 5.75 Å². The molecular weight excluding hydrogens is 429 g/mol. The van der Waals surface area contributed by atoms with Gasteiger partial charge in [0.25, 0.3) is 0 Å². The predicted molar refractivity (Wildman–Crippen MR) is 113 cm³/mol. The number of para-hydroxylation sites is 1. The molecule has 0 radical (unpaired) electrons. The molecule has 0 aliphatic carbocycles. The van der Waals surface area contributed by atoms with E-state index in [9.17, 15) is 17.8 Å². The number of rotatable bonds is 1. The third kappa shape index (κ3) is 5.86. The van der Waals surface area contributed by atoms with E-state index in [0.717, 1.165) is 31.4 Å². The van der Waals surface area contributed by atoms with Crippen LogP contribution in [0, 0.1) is 5.82 Å². The number of halogens is 3. The molecule has 2 atom stereocenters. The lowest BCUT2D eigenvalue weighted by molar-refractivity contribution is -0.135. The van der Waals surface area contributed by atoms with E-state index in [2.05, 4.69) is 5.14 Å². The normalized spacial score (nSPS) is 19.6. The van der Waals surface area contributed by atoms with Gasteiger partial charge in [0.05, 0.1) is 13.0 Å². The zero-order valence-electron chi connectivity index (χ0n) is 16.9. The quantitative estimate of drug-likeness (QED) is 0.707. The molecule has 4 rings (SSSR count). The van der Waals surface area contributed by atoms with Gasteiger partial charge in [0.15, 0.2) is 11.0 Å². The van der Waals surface area contributed by atoms with Crippen molar-refractivity contribution in [3.05, 3.63) is 53.8 Å². The van der Waals surface area contributed by atoms with Crippen molar-refractivity contribution in [2.24, 2.45) is 5.14 Å². The van der Waals surface area contributed by atoms with Gasteiger partial charge in [-0.25, -0.2) is 13.7 Å². The first-order valence-electron chi connectivity index (χ1n) is 10.1. The SMILES string of the molecule is NS(=O)C(F)F.O=C1CCOc2ccccc2-c2cccc(c2F)C[C@H]2CCCCN12. The number of hydrogen-bond acceptors (Lipinski definition) is 3. The van der Waals surface area contributed by atoms with Crippen LogP contribution in [0.3, 0.4) is 0 Å². The molecule has 1 unspecified atom stereocenters. The van der Waals surface area contributed by atoms with E-state index in [1.807, 2.05) is 41.3 Å². The summed E-state index contributed by atoms with van der Waals surface area (Å²) in [4.78, 5) is 14.6. The summed E-state index contributed by atoms with van der Waals surface area (Å²) in [6, 6.07) is 13.1. The highest BCUT2D eigenvalue weighted by Gasteiger charge is 2.28. The lowest BCUT2D eigenvalue weighted by Crippen LogP contribution is -2.45. The number of carbonyl (C=O) groups is 1. The highest BCUT2D eigenvalue weighted by atomic mass is 32.2. The Balaban J connectivity index is 0.000000401. The number of hydrogen-bond donors (Lipinski definition) is 1. The van der Waals surface area contributed by atoms with Crippen molar-refractivity contribution in [2.45, 2.75) is 43.9 Å². The molecule has 1 amide bonds. The maximum Gasteiger partial charge on any atom is 0.325 e. The average molecular weight is 455 g/mol. The molecule has 1 fully saturated rings. The minimum Gasteiger partial charge on any atom is -0.492 e. The van der Waals surface area contributed by atoms with E-state index in [1.165, 1.54) is 0 Å². The summed E-state index contributed by atoms with van der Waals surface area (Å²) in [6.07, 6.45) is 3.99. The molecule has 2 aromatic carbocycles. The number of nitrogens with two attached hydrogens (primary N) is 1. The van der Waals surface area contributed by atoms with Crippen LogP contribution in [-0.2, 0) is 22.2 Å². The molecule has 5 nitrogen and oxygen atoms in total. The minimum absolute atomic E-state index is 0.0840. The van der Waals surface area contributed by atoms with Gasteiger partial charge in [-0.05, 0) is 37.3 Å². The van der Waals surface area contributed by atoms with Crippen molar-refractivity contribution in [3.63, 3.8) is 0 Å². The Morgan fingerprint density at radius 1 is 1.10 bits per heavy atom. The van der Waals surface area contributed by atoms with E-state index < -0.39 is 16.7 Å². The first-order chi connectivity index (χ1) is 14.9. The summed E-state index contributed by atoms with van der Waals surface area (Å²) in [6.45, 7) is 1.09. The standard InChI is InChI=1S/C21H22FNO2.CH3F2NOS/c22-21-15-6-5-9-18(21)17-8-1-2-10-19(17)25-13-11-20(24)23-12-4-3-7-16(23)14-15;2-1(3)6(4)5/h1-2,5-6,8-10,16H,3-4,7,11-14H2;1H,4H2/t16-;/m1./s1. The Morgan fingerprint density at radius 3 is 2.55 bits per heavy atom. The Hall–Kier alpha value is -2.39. The van der Waals surface area contributed by atoms with Gasteiger partial charge in [-0.3, -0.25) is 4.79 Å². The number of amides is 1. The fourth-order valence-electron chi connectivity index (χ4n) is 3.95. The summed E-state index contributed by atoms with van der Waals surface area (Å²) in [7, 11) is -2.45. The average Bonchev–Trinajstić information content (AvgIpc) is 2.76. The van der Waals surface area contributed by atoms with Crippen LogP contribution in [0.1, 0.15) is 31.2 Å². The van der Waals surface area contributed by atoms with Gasteiger partial charge in [-0.2, -0.15) is 8.78 Å². The third-order valence-electron chi connectivity index (χ3n) is 5.41. The molecule has 2 aliphatic heterocycles. The molecule has 168 valence electrons. The first-order valence-corrected chi connectivity index (χ1v) is 11.4. The Labute approximate surface area is 182 Å². The Bertz CT molecular complexity index is 942. The van der Waals surface area contributed by atoms with Crippen molar-refractivity contribution in [2.75, 3.05) is 13.2 Å². The lowest BCUT2D eigenvalue weighted by atomic mass is 9.92. The smallest absolute Gasteiger partial charge is 0.325 e. The van der Waals surface area contributed by atoms with Crippen LogP contribution in [0.25, 0.3) is 11.1 Å². The topological polar surface area (TPSA) is 72.6 Å². The minimum atomic E-state index is -2.90. The van der Waals surface area contributed by atoms with Crippen LogP contribution in [-0.4, -0.2) is 40.0 Å². The summed E-state index contributed by atoms with van der Waals surface area (Å²) >= 11 is 0. The van der Waals surface area contributed by atoms with Crippen molar-refractivity contribution < 1.29 is 26.9 Å². The largest absolute Gasteiger partial charge is 0.492 e. The van der Waals surface area contributed by atoms with Gasteiger partial charge in [-0.1, -0.05) is 36.4 Å². The Morgan fingerprint density at radius 2 is 1.81 bits per heavy atom. The molecule has 2 heterocycles. The summed E-state index contributed by atoms with van der Waals surface area (Å²) in [5, 5.41) is 4.16. The molecule has 2 aromatic rings. The molecule has 2 N–H and O–H groups in total. The molecule has 31 heavy (non-hydrogen) atoms. The van der Waals surface area contributed by atoms with E-state index in [1.54, 1.807) is 6.07 Å². The molecule has 0 aromatic heterocycles. The summed E-state index contributed by atoms with van der Waals surface area (Å²) in [5.74, 6) is -2.36. The molecular formula is C22H25F3N2O3S. The second-order valence-corrected chi connectivity index (χ2v) is 8.42. The van der Waals surface area contributed by atoms with Gasteiger partial charge < -0.3 is 9.64 Å².